The number of nitrogens with one attached hydrogen (secondary N) is 2. The quantitative estimate of drug-likeness (QED) is 0.895. The molecular formula is C16H23N3O2. The topological polar surface area (TPSA) is 61.4 Å². The average molecular weight is 289 g/mol. The highest BCUT2D eigenvalue weighted by atomic mass is 16.2. The predicted molar refractivity (Wildman–Crippen MR) is 83.6 cm³/mol. The van der Waals surface area contributed by atoms with Gasteiger partial charge >= 0.3 is 6.03 Å². The maximum absolute atomic E-state index is 12.6. The van der Waals surface area contributed by atoms with Crippen molar-refractivity contribution in [2.24, 2.45) is 0 Å². The Morgan fingerprint density at radius 3 is 2.62 bits per heavy atom. The van der Waals surface area contributed by atoms with Crippen LogP contribution in [0, 0.1) is 6.92 Å². The first-order valence-electron chi connectivity index (χ1n) is 7.57. The Hall–Kier alpha value is -2.04. The summed E-state index contributed by atoms with van der Waals surface area (Å²) in [6.45, 7) is 6.12. The monoisotopic (exact) mass is 289 g/mol. The molecule has 1 aromatic rings. The normalized spacial score (nSPS) is 14.1. The molecule has 1 aromatic carbocycles. The van der Waals surface area contributed by atoms with E-state index in [-0.39, 0.29) is 11.9 Å². The lowest BCUT2D eigenvalue weighted by molar-refractivity contribution is 0.0793. The zero-order valence-electron chi connectivity index (χ0n) is 12.7. The van der Waals surface area contributed by atoms with Crippen molar-refractivity contribution >= 4 is 17.6 Å². The molecule has 0 spiro atoms. The number of urea groups is 1. The first kappa shape index (κ1) is 15.4. The number of benzene rings is 1. The van der Waals surface area contributed by atoms with Crippen molar-refractivity contribution < 1.29 is 9.59 Å². The molecule has 1 fully saturated rings. The molecule has 0 radical (unpaired) electrons. The second-order valence-corrected chi connectivity index (χ2v) is 5.38. The fourth-order valence-corrected chi connectivity index (χ4v) is 2.54. The molecule has 0 atom stereocenters. The lowest BCUT2D eigenvalue weighted by Gasteiger charge is -2.19. The molecule has 1 saturated heterocycles. The molecule has 0 aliphatic carbocycles. The van der Waals surface area contributed by atoms with Crippen molar-refractivity contribution in [3.63, 3.8) is 0 Å². The Morgan fingerprint density at radius 1 is 1.24 bits per heavy atom. The highest BCUT2D eigenvalue weighted by Crippen LogP contribution is 2.23. The van der Waals surface area contributed by atoms with Gasteiger partial charge in [0.15, 0.2) is 0 Å². The Labute approximate surface area is 125 Å². The summed E-state index contributed by atoms with van der Waals surface area (Å²) in [6.07, 6.45) is 2.98. The first-order valence-corrected chi connectivity index (χ1v) is 7.57. The fourth-order valence-electron chi connectivity index (χ4n) is 2.54. The van der Waals surface area contributed by atoms with Crippen LogP contribution in [0.2, 0.25) is 0 Å². The van der Waals surface area contributed by atoms with Gasteiger partial charge in [-0.15, -0.1) is 0 Å². The Bertz CT molecular complexity index is 522. The van der Waals surface area contributed by atoms with Crippen LogP contribution < -0.4 is 10.6 Å². The van der Waals surface area contributed by atoms with Gasteiger partial charge in [0.2, 0.25) is 0 Å². The van der Waals surface area contributed by atoms with Gasteiger partial charge in [0.25, 0.3) is 5.91 Å². The van der Waals surface area contributed by atoms with Crippen LogP contribution in [0.3, 0.4) is 0 Å². The number of hydrogen-bond donors (Lipinski definition) is 2. The smallest absolute Gasteiger partial charge is 0.319 e. The van der Waals surface area contributed by atoms with E-state index >= 15 is 0 Å². The van der Waals surface area contributed by atoms with E-state index in [0.717, 1.165) is 37.9 Å². The maximum Gasteiger partial charge on any atom is 0.319 e. The number of anilines is 1. The van der Waals surface area contributed by atoms with Gasteiger partial charge in [0.05, 0.1) is 11.3 Å². The van der Waals surface area contributed by atoms with Crippen LogP contribution in [-0.2, 0) is 0 Å². The molecule has 3 amide bonds. The number of carbonyl (C=O) groups excluding carboxylic acids is 2. The molecule has 5 nitrogen and oxygen atoms in total. The number of nitrogens with zero attached hydrogens (tertiary/aromatic N) is 1. The second kappa shape index (κ2) is 7.11. The lowest BCUT2D eigenvalue weighted by atomic mass is 10.1. The summed E-state index contributed by atoms with van der Waals surface area (Å²) in [5, 5.41) is 5.55. The van der Waals surface area contributed by atoms with Crippen molar-refractivity contribution in [1.82, 2.24) is 10.2 Å². The number of likely N-dealkylation sites (tertiary alicyclic amines) is 1. The van der Waals surface area contributed by atoms with E-state index in [0.29, 0.717) is 17.8 Å². The van der Waals surface area contributed by atoms with Crippen molar-refractivity contribution in [3.05, 3.63) is 29.3 Å². The lowest BCUT2D eigenvalue weighted by Crippen LogP contribution is -2.32. The van der Waals surface area contributed by atoms with E-state index in [9.17, 15) is 9.59 Å². The van der Waals surface area contributed by atoms with Gasteiger partial charge in [-0.05, 0) is 37.8 Å². The van der Waals surface area contributed by atoms with Crippen LogP contribution in [0.4, 0.5) is 10.5 Å². The summed E-state index contributed by atoms with van der Waals surface area (Å²) < 4.78 is 0. The van der Waals surface area contributed by atoms with Crippen molar-refractivity contribution in [1.29, 1.82) is 0 Å². The van der Waals surface area contributed by atoms with Crippen molar-refractivity contribution in [3.8, 4) is 0 Å². The van der Waals surface area contributed by atoms with Gasteiger partial charge in [-0.25, -0.2) is 4.79 Å². The van der Waals surface area contributed by atoms with E-state index in [1.807, 2.05) is 30.9 Å². The van der Waals surface area contributed by atoms with Crippen LogP contribution in [-0.4, -0.2) is 36.5 Å². The Balaban J connectivity index is 2.19. The van der Waals surface area contributed by atoms with E-state index < -0.39 is 0 Å². The Morgan fingerprint density at radius 2 is 1.95 bits per heavy atom. The molecule has 0 bridgehead atoms. The average Bonchev–Trinajstić information content (AvgIpc) is 2.99. The number of rotatable bonds is 4. The third-order valence-electron chi connectivity index (χ3n) is 3.66. The van der Waals surface area contributed by atoms with E-state index in [1.54, 1.807) is 6.07 Å². The molecule has 114 valence electrons. The molecule has 0 aromatic heterocycles. The molecule has 2 N–H and O–H groups in total. The van der Waals surface area contributed by atoms with Crippen LogP contribution in [0.15, 0.2) is 18.2 Å². The second-order valence-electron chi connectivity index (χ2n) is 5.38. The maximum atomic E-state index is 12.6. The van der Waals surface area contributed by atoms with Crippen molar-refractivity contribution in [2.75, 3.05) is 25.0 Å². The van der Waals surface area contributed by atoms with E-state index in [2.05, 4.69) is 10.6 Å². The first-order chi connectivity index (χ1) is 10.1. The van der Waals surface area contributed by atoms with Gasteiger partial charge in [-0.2, -0.15) is 0 Å². The zero-order valence-corrected chi connectivity index (χ0v) is 12.7. The van der Waals surface area contributed by atoms with Crippen LogP contribution in [0.25, 0.3) is 0 Å². The summed E-state index contributed by atoms with van der Waals surface area (Å²) in [7, 11) is 0. The van der Waals surface area contributed by atoms with Crippen LogP contribution >= 0.6 is 0 Å². The molecule has 5 heteroatoms. The van der Waals surface area contributed by atoms with E-state index in [1.165, 1.54) is 0 Å². The van der Waals surface area contributed by atoms with Crippen LogP contribution in [0.5, 0.6) is 0 Å². The summed E-state index contributed by atoms with van der Waals surface area (Å²) in [5.41, 5.74) is 2.08. The molecule has 0 saturated carbocycles. The molecule has 2 rings (SSSR count). The van der Waals surface area contributed by atoms with Gasteiger partial charge < -0.3 is 15.5 Å². The van der Waals surface area contributed by atoms with Gasteiger partial charge in [0.1, 0.15) is 0 Å². The van der Waals surface area contributed by atoms with Crippen molar-refractivity contribution in [2.45, 2.75) is 33.1 Å². The molecule has 1 aliphatic rings. The largest absolute Gasteiger partial charge is 0.339 e. The number of carbonyl (C=O) groups is 2. The number of amides is 3. The van der Waals surface area contributed by atoms with Gasteiger partial charge in [-0.3, -0.25) is 4.79 Å². The third-order valence-corrected chi connectivity index (χ3v) is 3.66. The molecule has 1 heterocycles. The minimum absolute atomic E-state index is 0.0105. The summed E-state index contributed by atoms with van der Waals surface area (Å²) in [6, 6.07) is 5.27. The Kier molecular flexibility index (Phi) is 5.20. The summed E-state index contributed by atoms with van der Waals surface area (Å²) in [5.74, 6) is 0.0105. The summed E-state index contributed by atoms with van der Waals surface area (Å²) in [4.78, 5) is 26.3. The van der Waals surface area contributed by atoms with Crippen LogP contribution in [0.1, 0.15) is 42.1 Å². The predicted octanol–water partition coefficient (Wildman–Crippen LogP) is 2.76. The minimum atomic E-state index is -0.266. The fraction of sp³-hybridized carbons (Fsp3) is 0.500. The molecule has 1 aliphatic heterocycles. The molecular weight excluding hydrogens is 266 g/mol. The number of hydrogen-bond acceptors (Lipinski definition) is 2. The number of aryl methyl sites for hydroxylation is 1. The SMILES string of the molecule is CCCNC(=O)Nc1cccc(C)c1C(=O)N1CCCC1. The standard InChI is InChI=1S/C16H23N3O2/c1-3-9-17-16(21)18-13-8-6-7-12(2)14(13)15(20)19-10-4-5-11-19/h6-8H,3-5,9-11H2,1-2H3,(H2,17,18,21). The highest BCUT2D eigenvalue weighted by molar-refractivity contribution is 6.04. The summed E-state index contributed by atoms with van der Waals surface area (Å²) >= 11 is 0. The minimum Gasteiger partial charge on any atom is -0.339 e. The molecule has 0 unspecified atom stereocenters. The molecule has 21 heavy (non-hydrogen) atoms. The van der Waals surface area contributed by atoms with Gasteiger partial charge in [-0.1, -0.05) is 19.1 Å². The van der Waals surface area contributed by atoms with E-state index in [4.69, 9.17) is 0 Å². The van der Waals surface area contributed by atoms with Gasteiger partial charge in [0, 0.05) is 19.6 Å². The third kappa shape index (κ3) is 3.74. The zero-order chi connectivity index (χ0) is 15.2. The highest BCUT2D eigenvalue weighted by Gasteiger charge is 2.23.